The Bertz CT molecular complexity index is 463. The van der Waals surface area contributed by atoms with Crippen molar-refractivity contribution in [2.45, 2.75) is 33.7 Å². The molecular formula is C16H24N2O. The molecule has 0 aliphatic rings. The van der Waals surface area contributed by atoms with Crippen LogP contribution in [-0.4, -0.2) is 25.6 Å². The van der Waals surface area contributed by atoms with Crippen molar-refractivity contribution in [1.82, 2.24) is 4.90 Å². The van der Waals surface area contributed by atoms with Crippen molar-refractivity contribution in [3.05, 3.63) is 28.8 Å². The normalized spacial score (nSPS) is 12.3. The summed E-state index contributed by atoms with van der Waals surface area (Å²) in [6, 6.07) is 6.59. The molecule has 0 saturated heterocycles. The first-order valence-electron chi connectivity index (χ1n) is 6.74. The van der Waals surface area contributed by atoms with Crippen LogP contribution in [0.5, 0.6) is 5.75 Å². The van der Waals surface area contributed by atoms with Gasteiger partial charge in [0.1, 0.15) is 5.75 Å². The van der Waals surface area contributed by atoms with Gasteiger partial charge in [-0.05, 0) is 44.5 Å². The zero-order valence-corrected chi connectivity index (χ0v) is 12.7. The van der Waals surface area contributed by atoms with Gasteiger partial charge in [0.25, 0.3) is 0 Å². The number of methoxy groups -OCH3 is 1. The third kappa shape index (κ3) is 4.25. The first-order valence-corrected chi connectivity index (χ1v) is 6.74. The van der Waals surface area contributed by atoms with Crippen molar-refractivity contribution >= 4 is 0 Å². The molecule has 0 spiro atoms. The highest BCUT2D eigenvalue weighted by atomic mass is 16.5. The fourth-order valence-corrected chi connectivity index (χ4v) is 2.32. The van der Waals surface area contributed by atoms with Crippen LogP contribution in [0.3, 0.4) is 0 Å². The van der Waals surface area contributed by atoms with Gasteiger partial charge < -0.3 is 9.64 Å². The quantitative estimate of drug-likeness (QED) is 0.787. The molecule has 0 aromatic heterocycles. The van der Waals surface area contributed by atoms with Crippen molar-refractivity contribution in [3.63, 3.8) is 0 Å². The van der Waals surface area contributed by atoms with Gasteiger partial charge in [0.2, 0.25) is 0 Å². The highest BCUT2D eigenvalue weighted by Gasteiger charge is 2.13. The maximum Gasteiger partial charge on any atom is 0.123 e. The molecule has 1 atom stereocenters. The molecule has 3 nitrogen and oxygen atoms in total. The second-order valence-corrected chi connectivity index (χ2v) is 5.19. The molecule has 0 N–H and O–H groups in total. The van der Waals surface area contributed by atoms with Crippen molar-refractivity contribution < 1.29 is 4.74 Å². The van der Waals surface area contributed by atoms with Crippen LogP contribution in [0, 0.1) is 31.1 Å². The smallest absolute Gasteiger partial charge is 0.123 e. The van der Waals surface area contributed by atoms with Gasteiger partial charge in [0.05, 0.1) is 19.1 Å². The van der Waals surface area contributed by atoms with Gasteiger partial charge in [0.15, 0.2) is 0 Å². The fourth-order valence-electron chi connectivity index (χ4n) is 2.32. The summed E-state index contributed by atoms with van der Waals surface area (Å²) in [5.41, 5.74) is 3.67. The molecule has 0 fully saturated rings. The number of rotatable bonds is 6. The molecule has 0 heterocycles. The lowest BCUT2D eigenvalue weighted by molar-refractivity contribution is 0.286. The number of ether oxygens (including phenoxy) is 1. The number of hydrogen-bond acceptors (Lipinski definition) is 3. The Balaban J connectivity index is 2.85. The first-order chi connectivity index (χ1) is 9.01. The topological polar surface area (TPSA) is 36.3 Å². The summed E-state index contributed by atoms with van der Waals surface area (Å²) in [6.45, 7) is 7.85. The van der Waals surface area contributed by atoms with E-state index in [-0.39, 0.29) is 5.92 Å². The van der Waals surface area contributed by atoms with Gasteiger partial charge in [0, 0.05) is 18.7 Å². The van der Waals surface area contributed by atoms with Crippen LogP contribution in [0.2, 0.25) is 0 Å². The van der Waals surface area contributed by atoms with Crippen LogP contribution >= 0.6 is 0 Å². The Morgan fingerprint density at radius 3 is 2.58 bits per heavy atom. The molecule has 104 valence electrons. The maximum atomic E-state index is 9.03. The SMILES string of the molecule is CCC(C#N)CN(C)Cc1c(C)cc(C)cc1OC. The molecule has 0 bridgehead atoms. The molecule has 1 aromatic carbocycles. The molecule has 1 aromatic rings. The van der Waals surface area contributed by atoms with E-state index in [1.165, 1.54) is 16.7 Å². The average molecular weight is 260 g/mol. The molecule has 0 amide bonds. The third-order valence-corrected chi connectivity index (χ3v) is 3.43. The predicted octanol–water partition coefficient (Wildman–Crippen LogP) is 3.29. The standard InChI is InChI=1S/C16H24N2O/c1-6-14(9-17)10-18(4)11-15-13(3)7-12(2)8-16(15)19-5/h7-8,14H,6,10-11H2,1-5H3. The van der Waals surface area contributed by atoms with Gasteiger partial charge in [-0.1, -0.05) is 13.0 Å². The number of benzene rings is 1. The highest BCUT2D eigenvalue weighted by molar-refractivity contribution is 5.42. The molecule has 0 aliphatic carbocycles. The van der Waals surface area contributed by atoms with E-state index >= 15 is 0 Å². The van der Waals surface area contributed by atoms with Crippen LogP contribution < -0.4 is 4.74 Å². The zero-order valence-electron chi connectivity index (χ0n) is 12.7. The van der Waals surface area contributed by atoms with Crippen molar-refractivity contribution in [2.24, 2.45) is 5.92 Å². The Morgan fingerprint density at radius 1 is 1.37 bits per heavy atom. The van der Waals surface area contributed by atoms with Gasteiger partial charge in [-0.3, -0.25) is 0 Å². The molecular weight excluding hydrogens is 236 g/mol. The van der Waals surface area contributed by atoms with E-state index in [1.54, 1.807) is 7.11 Å². The Morgan fingerprint density at radius 2 is 2.05 bits per heavy atom. The maximum absolute atomic E-state index is 9.03. The van der Waals surface area contributed by atoms with E-state index in [4.69, 9.17) is 10.00 Å². The van der Waals surface area contributed by atoms with Gasteiger partial charge in [-0.25, -0.2) is 0 Å². The minimum Gasteiger partial charge on any atom is -0.496 e. The second-order valence-electron chi connectivity index (χ2n) is 5.19. The van der Waals surface area contributed by atoms with Crippen LogP contribution in [0.1, 0.15) is 30.0 Å². The van der Waals surface area contributed by atoms with E-state index < -0.39 is 0 Å². The molecule has 1 unspecified atom stereocenters. The summed E-state index contributed by atoms with van der Waals surface area (Å²) in [7, 11) is 3.76. The van der Waals surface area contributed by atoms with E-state index in [9.17, 15) is 0 Å². The summed E-state index contributed by atoms with van der Waals surface area (Å²) in [5, 5.41) is 9.03. The van der Waals surface area contributed by atoms with Crippen LogP contribution in [0.25, 0.3) is 0 Å². The Kier molecular flexibility index (Phi) is 5.85. The lowest BCUT2D eigenvalue weighted by Crippen LogP contribution is -2.25. The third-order valence-electron chi connectivity index (χ3n) is 3.43. The molecule has 0 aliphatic heterocycles. The number of hydrogen-bond donors (Lipinski definition) is 0. The number of nitriles is 1. The van der Waals surface area contributed by atoms with Gasteiger partial charge in [-0.2, -0.15) is 5.26 Å². The summed E-state index contributed by atoms with van der Waals surface area (Å²) in [6.07, 6.45) is 0.894. The predicted molar refractivity (Wildman–Crippen MR) is 78.2 cm³/mol. The molecule has 0 saturated carbocycles. The molecule has 19 heavy (non-hydrogen) atoms. The van der Waals surface area contributed by atoms with E-state index in [0.717, 1.165) is 25.3 Å². The van der Waals surface area contributed by atoms with E-state index in [1.807, 2.05) is 0 Å². The van der Waals surface area contributed by atoms with Crippen LogP contribution in [0.15, 0.2) is 12.1 Å². The summed E-state index contributed by atoms with van der Waals surface area (Å²) in [5.74, 6) is 1.04. The average Bonchev–Trinajstić information content (AvgIpc) is 2.38. The molecule has 1 rings (SSSR count). The van der Waals surface area contributed by atoms with Gasteiger partial charge in [-0.15, -0.1) is 0 Å². The molecule has 0 radical (unpaired) electrons. The van der Waals surface area contributed by atoms with Crippen molar-refractivity contribution in [3.8, 4) is 11.8 Å². The van der Waals surface area contributed by atoms with Crippen LogP contribution in [-0.2, 0) is 6.54 Å². The summed E-state index contributed by atoms with van der Waals surface area (Å²) in [4.78, 5) is 2.19. The van der Waals surface area contributed by atoms with Crippen LogP contribution in [0.4, 0.5) is 0 Å². The largest absolute Gasteiger partial charge is 0.496 e. The van der Waals surface area contributed by atoms with E-state index in [0.29, 0.717) is 0 Å². The number of aryl methyl sites for hydroxylation is 2. The lowest BCUT2D eigenvalue weighted by atomic mass is 10.0. The second kappa shape index (κ2) is 7.16. The summed E-state index contributed by atoms with van der Waals surface area (Å²) < 4.78 is 5.47. The minimum absolute atomic E-state index is 0.0988. The monoisotopic (exact) mass is 260 g/mol. The fraction of sp³-hybridized carbons (Fsp3) is 0.562. The Labute approximate surface area is 116 Å². The van der Waals surface area contributed by atoms with Gasteiger partial charge >= 0.3 is 0 Å². The lowest BCUT2D eigenvalue weighted by Gasteiger charge is -2.22. The van der Waals surface area contributed by atoms with Crippen molar-refractivity contribution in [1.29, 1.82) is 5.26 Å². The molecule has 3 heteroatoms. The van der Waals surface area contributed by atoms with E-state index in [2.05, 4.69) is 50.9 Å². The number of nitrogens with zero attached hydrogens (tertiary/aromatic N) is 2. The highest BCUT2D eigenvalue weighted by Crippen LogP contribution is 2.25. The minimum atomic E-state index is 0.0988. The zero-order chi connectivity index (χ0) is 14.4. The summed E-state index contributed by atoms with van der Waals surface area (Å²) >= 11 is 0. The van der Waals surface area contributed by atoms with Crippen molar-refractivity contribution in [2.75, 3.05) is 20.7 Å². The first kappa shape index (κ1) is 15.5. The Hall–Kier alpha value is -1.53.